The van der Waals surface area contributed by atoms with Crippen molar-refractivity contribution >= 4 is 0 Å². The molecular weight excluding hydrogens is 328 g/mol. The van der Waals surface area contributed by atoms with Crippen molar-refractivity contribution in [1.29, 1.82) is 0 Å². The number of piperidine rings is 1. The van der Waals surface area contributed by atoms with E-state index in [0.717, 1.165) is 39.3 Å². The minimum Gasteiger partial charge on any atom is -0.476 e. The van der Waals surface area contributed by atoms with Gasteiger partial charge in [-0.05, 0) is 49.4 Å². The molecule has 6 heteroatoms. The molecule has 0 aromatic carbocycles. The SMILES string of the molecule is c1cncc(CN2CCC3(CCOC[C@H]3COc3cnccn3)CC2)c1. The van der Waals surface area contributed by atoms with Crippen LogP contribution in [0.3, 0.4) is 0 Å². The third-order valence-corrected chi connectivity index (χ3v) is 5.88. The Balaban J connectivity index is 1.35. The van der Waals surface area contributed by atoms with E-state index in [1.165, 1.54) is 18.4 Å². The van der Waals surface area contributed by atoms with Crippen LogP contribution >= 0.6 is 0 Å². The number of hydrogen-bond acceptors (Lipinski definition) is 6. The first-order chi connectivity index (χ1) is 12.8. The lowest BCUT2D eigenvalue weighted by Crippen LogP contribution is -2.49. The maximum absolute atomic E-state index is 5.92. The predicted molar refractivity (Wildman–Crippen MR) is 97.6 cm³/mol. The maximum Gasteiger partial charge on any atom is 0.232 e. The molecule has 2 aromatic rings. The Bertz CT molecular complexity index is 675. The minimum atomic E-state index is 0.325. The van der Waals surface area contributed by atoms with E-state index in [2.05, 4.69) is 25.9 Å². The van der Waals surface area contributed by atoms with Crippen molar-refractivity contribution in [3.05, 3.63) is 48.7 Å². The molecule has 1 spiro atoms. The molecule has 2 aromatic heterocycles. The van der Waals surface area contributed by atoms with Crippen LogP contribution in [-0.4, -0.2) is 52.8 Å². The van der Waals surface area contributed by atoms with E-state index in [9.17, 15) is 0 Å². The molecule has 0 aliphatic carbocycles. The van der Waals surface area contributed by atoms with Gasteiger partial charge in [0.25, 0.3) is 0 Å². The monoisotopic (exact) mass is 354 g/mol. The summed E-state index contributed by atoms with van der Waals surface area (Å²) in [4.78, 5) is 15.1. The highest BCUT2D eigenvalue weighted by molar-refractivity contribution is 5.09. The molecular formula is C20H26N4O2. The molecule has 2 fully saturated rings. The van der Waals surface area contributed by atoms with Crippen LogP contribution in [0.25, 0.3) is 0 Å². The van der Waals surface area contributed by atoms with Crippen LogP contribution in [0.15, 0.2) is 43.1 Å². The van der Waals surface area contributed by atoms with E-state index >= 15 is 0 Å². The normalized spacial score (nSPS) is 23.0. The summed E-state index contributed by atoms with van der Waals surface area (Å²) in [6.07, 6.45) is 12.3. The average Bonchev–Trinajstić information content (AvgIpc) is 2.71. The molecule has 0 N–H and O–H groups in total. The third kappa shape index (κ3) is 4.02. The van der Waals surface area contributed by atoms with Crippen molar-refractivity contribution in [2.75, 3.05) is 32.9 Å². The second kappa shape index (κ2) is 8.10. The number of nitrogens with zero attached hydrogens (tertiary/aromatic N) is 4. The lowest BCUT2D eigenvalue weighted by atomic mass is 9.66. The molecule has 0 saturated carbocycles. The fourth-order valence-electron chi connectivity index (χ4n) is 4.22. The first-order valence-corrected chi connectivity index (χ1v) is 9.42. The van der Waals surface area contributed by atoms with Crippen molar-refractivity contribution in [3.63, 3.8) is 0 Å². The summed E-state index contributed by atoms with van der Waals surface area (Å²) >= 11 is 0. The van der Waals surface area contributed by atoms with E-state index < -0.39 is 0 Å². The molecule has 2 aliphatic heterocycles. The second-order valence-electron chi connectivity index (χ2n) is 7.38. The van der Waals surface area contributed by atoms with Crippen LogP contribution in [0, 0.1) is 11.3 Å². The smallest absolute Gasteiger partial charge is 0.232 e. The fourth-order valence-corrected chi connectivity index (χ4v) is 4.22. The van der Waals surface area contributed by atoms with E-state index in [4.69, 9.17) is 9.47 Å². The topological polar surface area (TPSA) is 60.4 Å². The van der Waals surface area contributed by atoms with Gasteiger partial charge in [0.1, 0.15) is 0 Å². The fraction of sp³-hybridized carbons (Fsp3) is 0.550. The van der Waals surface area contributed by atoms with Crippen LogP contribution in [0.1, 0.15) is 24.8 Å². The van der Waals surface area contributed by atoms with Crippen molar-refractivity contribution < 1.29 is 9.47 Å². The molecule has 0 unspecified atom stereocenters. The molecule has 4 rings (SSSR count). The Morgan fingerprint density at radius 2 is 2.00 bits per heavy atom. The van der Waals surface area contributed by atoms with Gasteiger partial charge in [-0.3, -0.25) is 14.9 Å². The zero-order chi connectivity index (χ0) is 17.7. The van der Waals surface area contributed by atoms with E-state index in [0.29, 0.717) is 23.8 Å². The number of aromatic nitrogens is 3. The molecule has 1 atom stereocenters. The Hall–Kier alpha value is -2.05. The highest BCUT2D eigenvalue weighted by atomic mass is 16.5. The first kappa shape index (κ1) is 17.4. The van der Waals surface area contributed by atoms with Gasteiger partial charge < -0.3 is 9.47 Å². The molecule has 138 valence electrons. The van der Waals surface area contributed by atoms with Gasteiger partial charge in [0.2, 0.25) is 5.88 Å². The van der Waals surface area contributed by atoms with Gasteiger partial charge in [0.05, 0.1) is 19.4 Å². The Labute approximate surface area is 154 Å². The number of ether oxygens (including phenoxy) is 2. The van der Waals surface area contributed by atoms with Crippen LogP contribution in [0.5, 0.6) is 5.88 Å². The maximum atomic E-state index is 5.92. The van der Waals surface area contributed by atoms with Gasteiger partial charge in [0, 0.05) is 43.9 Å². The average molecular weight is 354 g/mol. The third-order valence-electron chi connectivity index (χ3n) is 5.88. The predicted octanol–water partition coefficient (Wildman–Crippen LogP) is 2.57. The summed E-state index contributed by atoms with van der Waals surface area (Å²) in [6, 6.07) is 4.17. The van der Waals surface area contributed by atoms with Crippen molar-refractivity contribution in [2.45, 2.75) is 25.8 Å². The number of likely N-dealkylation sites (tertiary alicyclic amines) is 1. The minimum absolute atomic E-state index is 0.325. The molecule has 2 aliphatic rings. The zero-order valence-corrected chi connectivity index (χ0v) is 15.1. The Morgan fingerprint density at radius 1 is 1.12 bits per heavy atom. The Kier molecular flexibility index (Phi) is 5.41. The molecule has 0 bridgehead atoms. The first-order valence-electron chi connectivity index (χ1n) is 9.42. The summed E-state index contributed by atoms with van der Waals surface area (Å²) in [5.74, 6) is 1.01. The van der Waals surface area contributed by atoms with Crippen LogP contribution in [-0.2, 0) is 11.3 Å². The van der Waals surface area contributed by atoms with Crippen molar-refractivity contribution in [3.8, 4) is 5.88 Å². The second-order valence-corrected chi connectivity index (χ2v) is 7.38. The highest BCUT2D eigenvalue weighted by Gasteiger charge is 2.43. The molecule has 4 heterocycles. The van der Waals surface area contributed by atoms with E-state index in [-0.39, 0.29) is 0 Å². The summed E-state index contributed by atoms with van der Waals surface area (Å²) in [6.45, 7) is 5.53. The van der Waals surface area contributed by atoms with Crippen molar-refractivity contribution in [2.24, 2.45) is 11.3 Å². The molecule has 0 radical (unpaired) electrons. The number of rotatable bonds is 5. The summed E-state index contributed by atoms with van der Waals surface area (Å²) < 4.78 is 11.7. The van der Waals surface area contributed by atoms with Crippen LogP contribution in [0.2, 0.25) is 0 Å². The molecule has 2 saturated heterocycles. The van der Waals surface area contributed by atoms with Gasteiger partial charge in [-0.15, -0.1) is 0 Å². The van der Waals surface area contributed by atoms with Crippen LogP contribution < -0.4 is 4.74 Å². The molecule has 6 nitrogen and oxygen atoms in total. The Morgan fingerprint density at radius 3 is 2.77 bits per heavy atom. The quantitative estimate of drug-likeness (QED) is 0.822. The summed E-state index contributed by atoms with van der Waals surface area (Å²) in [5, 5.41) is 0. The lowest BCUT2D eigenvalue weighted by Gasteiger charge is -2.48. The van der Waals surface area contributed by atoms with E-state index in [1.807, 2.05) is 18.5 Å². The molecule has 0 amide bonds. The van der Waals surface area contributed by atoms with Gasteiger partial charge in [-0.25, -0.2) is 4.98 Å². The summed E-state index contributed by atoms with van der Waals surface area (Å²) in [7, 11) is 0. The number of hydrogen-bond donors (Lipinski definition) is 0. The molecule has 26 heavy (non-hydrogen) atoms. The lowest BCUT2D eigenvalue weighted by molar-refractivity contribution is -0.0867. The largest absolute Gasteiger partial charge is 0.476 e. The zero-order valence-electron chi connectivity index (χ0n) is 15.1. The van der Waals surface area contributed by atoms with Gasteiger partial charge in [-0.1, -0.05) is 6.07 Å². The summed E-state index contributed by atoms with van der Waals surface area (Å²) in [5.41, 5.74) is 1.62. The number of pyridine rings is 1. The van der Waals surface area contributed by atoms with Crippen molar-refractivity contribution in [1.82, 2.24) is 19.9 Å². The van der Waals surface area contributed by atoms with Crippen LogP contribution in [0.4, 0.5) is 0 Å². The van der Waals surface area contributed by atoms with Gasteiger partial charge in [0.15, 0.2) is 0 Å². The standard InChI is InChI=1S/C20H26N4O2/c1-2-17(12-21-6-1)14-24-9-3-20(4-10-24)5-11-25-15-18(20)16-26-19-13-22-7-8-23-19/h1-2,6-8,12-13,18H,3-5,9-11,14-16H2/t18-/m0/s1. The van der Waals surface area contributed by atoms with E-state index in [1.54, 1.807) is 18.6 Å². The van der Waals surface area contributed by atoms with Gasteiger partial charge in [-0.2, -0.15) is 0 Å². The van der Waals surface area contributed by atoms with Gasteiger partial charge >= 0.3 is 0 Å². The highest BCUT2D eigenvalue weighted by Crippen LogP contribution is 2.45.